The minimum absolute atomic E-state index is 0.0564. The average molecular weight is 347 g/mol. The van der Waals surface area contributed by atoms with Gasteiger partial charge in [-0.25, -0.2) is 4.79 Å². The summed E-state index contributed by atoms with van der Waals surface area (Å²) in [5.74, 6) is -0.464. The van der Waals surface area contributed by atoms with Crippen LogP contribution in [0.1, 0.15) is 35.3 Å². The maximum absolute atomic E-state index is 12.0. The highest BCUT2D eigenvalue weighted by molar-refractivity contribution is 5.92. The molecule has 0 bridgehead atoms. The molecule has 0 fully saturated rings. The first-order valence-electron chi connectivity index (χ1n) is 7.73. The smallest absolute Gasteiger partial charge is 0.341 e. The molecule has 0 aliphatic carbocycles. The van der Waals surface area contributed by atoms with E-state index in [0.29, 0.717) is 23.8 Å². The number of ether oxygens (including phenoxy) is 2. The van der Waals surface area contributed by atoms with Gasteiger partial charge in [-0.15, -0.1) is 0 Å². The number of carbonyl (C=O) groups excluding carboxylic acids is 1. The highest BCUT2D eigenvalue weighted by Gasteiger charge is 2.17. The molecule has 0 spiro atoms. The second kappa shape index (κ2) is 7.69. The van der Waals surface area contributed by atoms with E-state index in [-0.39, 0.29) is 23.5 Å². The van der Waals surface area contributed by atoms with Crippen molar-refractivity contribution in [3.8, 4) is 11.6 Å². The Bertz CT molecular complexity index is 830. The average Bonchev–Trinajstić information content (AvgIpc) is 2.55. The second-order valence-electron chi connectivity index (χ2n) is 5.96. The predicted molar refractivity (Wildman–Crippen MR) is 91.9 cm³/mol. The molecule has 2 rings (SSSR count). The molecule has 1 heterocycles. The molecule has 0 unspecified atom stereocenters. The Kier molecular flexibility index (Phi) is 5.63. The van der Waals surface area contributed by atoms with Crippen molar-refractivity contribution in [2.45, 2.75) is 20.3 Å². The van der Waals surface area contributed by atoms with Gasteiger partial charge in [0.25, 0.3) is 5.56 Å². The van der Waals surface area contributed by atoms with Crippen LogP contribution in [0, 0.1) is 5.92 Å². The summed E-state index contributed by atoms with van der Waals surface area (Å²) in [5, 5.41) is 9.83. The largest absolute Gasteiger partial charge is 0.493 e. The molecule has 0 atom stereocenters. The number of anilines is 1. The number of methoxy groups -OCH3 is 1. The lowest BCUT2D eigenvalue weighted by Gasteiger charge is -2.13. The summed E-state index contributed by atoms with van der Waals surface area (Å²) in [6.45, 7) is 4.44. The zero-order valence-corrected chi connectivity index (χ0v) is 14.3. The van der Waals surface area contributed by atoms with Gasteiger partial charge in [-0.05, 0) is 23.6 Å². The first-order valence-corrected chi connectivity index (χ1v) is 7.73. The summed E-state index contributed by atoms with van der Waals surface area (Å²) in [6, 6.07) is 4.91. The predicted octanol–water partition coefficient (Wildman–Crippen LogP) is 1.47. The number of nitrogen functional groups attached to an aromatic ring is 1. The second-order valence-corrected chi connectivity index (χ2v) is 5.96. The van der Waals surface area contributed by atoms with Crippen LogP contribution in [0.15, 0.2) is 23.0 Å². The van der Waals surface area contributed by atoms with Gasteiger partial charge in [-0.3, -0.25) is 9.78 Å². The number of hydrogen-bond acceptors (Lipinski definition) is 7. The summed E-state index contributed by atoms with van der Waals surface area (Å²) >= 11 is 0. The van der Waals surface area contributed by atoms with E-state index in [1.807, 2.05) is 13.8 Å². The van der Waals surface area contributed by atoms with Crippen LogP contribution in [0.4, 0.5) is 5.95 Å². The first kappa shape index (κ1) is 18.3. The van der Waals surface area contributed by atoms with Gasteiger partial charge in [0.1, 0.15) is 11.3 Å². The van der Waals surface area contributed by atoms with Crippen molar-refractivity contribution in [2.24, 2.45) is 5.92 Å². The molecule has 1 aromatic carbocycles. The van der Waals surface area contributed by atoms with E-state index >= 15 is 0 Å². The molecule has 0 saturated carbocycles. The van der Waals surface area contributed by atoms with Crippen molar-refractivity contribution in [3.05, 3.63) is 45.2 Å². The Morgan fingerprint density at radius 3 is 2.72 bits per heavy atom. The van der Waals surface area contributed by atoms with Crippen molar-refractivity contribution >= 4 is 11.9 Å². The van der Waals surface area contributed by atoms with Crippen molar-refractivity contribution in [2.75, 3.05) is 19.5 Å². The first-order chi connectivity index (χ1) is 11.8. The molecule has 134 valence electrons. The number of H-pyrrole nitrogens is 1. The molecule has 0 saturated heterocycles. The van der Waals surface area contributed by atoms with Gasteiger partial charge in [-0.1, -0.05) is 19.9 Å². The van der Waals surface area contributed by atoms with Crippen molar-refractivity contribution in [1.82, 2.24) is 9.97 Å². The Morgan fingerprint density at radius 2 is 2.12 bits per heavy atom. The van der Waals surface area contributed by atoms with Crippen LogP contribution < -0.4 is 16.0 Å². The van der Waals surface area contributed by atoms with E-state index in [1.54, 1.807) is 18.2 Å². The van der Waals surface area contributed by atoms with Crippen LogP contribution in [0.5, 0.6) is 11.6 Å². The number of nitrogens with zero attached hydrogens (tertiary/aromatic N) is 1. The van der Waals surface area contributed by atoms with Gasteiger partial charge in [0.15, 0.2) is 0 Å². The Morgan fingerprint density at radius 1 is 1.40 bits per heavy atom. The fraction of sp³-hybridized carbons (Fsp3) is 0.353. The number of carbonyl (C=O) groups is 1. The van der Waals surface area contributed by atoms with Crippen LogP contribution in [0.3, 0.4) is 0 Å². The number of esters is 1. The third-order valence-corrected chi connectivity index (χ3v) is 3.41. The van der Waals surface area contributed by atoms with Crippen LogP contribution in [0.25, 0.3) is 0 Å². The Hall–Kier alpha value is -3.03. The van der Waals surface area contributed by atoms with E-state index in [0.717, 1.165) is 0 Å². The monoisotopic (exact) mass is 347 g/mol. The maximum Gasteiger partial charge on any atom is 0.341 e. The van der Waals surface area contributed by atoms with Gasteiger partial charge < -0.3 is 20.3 Å². The van der Waals surface area contributed by atoms with Crippen LogP contribution in [-0.2, 0) is 11.2 Å². The lowest BCUT2D eigenvalue weighted by atomic mass is 10.0. The zero-order valence-electron chi connectivity index (χ0n) is 14.3. The molecule has 8 heteroatoms. The fourth-order valence-electron chi connectivity index (χ4n) is 2.21. The van der Waals surface area contributed by atoms with E-state index in [2.05, 4.69) is 9.97 Å². The minimum atomic E-state index is -0.547. The molecule has 0 aliphatic rings. The quantitative estimate of drug-likeness (QED) is 0.675. The maximum atomic E-state index is 12.0. The standard InChI is InChI=1S/C17H21N3O5/c1-9(2)8-25-13-5-4-10(6-11(13)16(23)24-3)7-12-14(21)19-17(18)20-15(12)22/h4-6,9H,7-8H2,1-3H3,(H4,18,19,20,21,22). The molecule has 0 aliphatic heterocycles. The lowest BCUT2D eigenvalue weighted by Crippen LogP contribution is -2.17. The summed E-state index contributed by atoms with van der Waals surface area (Å²) in [5.41, 5.74) is 5.76. The molecular weight excluding hydrogens is 326 g/mol. The van der Waals surface area contributed by atoms with E-state index in [4.69, 9.17) is 15.2 Å². The van der Waals surface area contributed by atoms with Gasteiger partial charge in [0, 0.05) is 6.42 Å². The molecule has 2 aromatic rings. The molecule has 25 heavy (non-hydrogen) atoms. The molecule has 0 radical (unpaired) electrons. The molecule has 0 amide bonds. The Labute approximate surface area is 144 Å². The van der Waals surface area contributed by atoms with Gasteiger partial charge in [0.2, 0.25) is 11.8 Å². The summed E-state index contributed by atoms with van der Waals surface area (Å²) in [7, 11) is 1.28. The van der Waals surface area contributed by atoms with Crippen molar-refractivity contribution < 1.29 is 19.4 Å². The number of hydrogen-bond donors (Lipinski definition) is 3. The molecule has 8 nitrogen and oxygen atoms in total. The van der Waals surface area contributed by atoms with Crippen LogP contribution in [-0.4, -0.2) is 34.8 Å². The lowest BCUT2D eigenvalue weighted by molar-refractivity contribution is 0.0595. The summed E-state index contributed by atoms with van der Waals surface area (Å²) < 4.78 is 10.4. The topological polar surface area (TPSA) is 128 Å². The molecule has 4 N–H and O–H groups in total. The third kappa shape index (κ3) is 4.50. The number of aromatic hydroxyl groups is 1. The fourth-order valence-corrected chi connectivity index (χ4v) is 2.21. The third-order valence-electron chi connectivity index (χ3n) is 3.41. The van der Waals surface area contributed by atoms with Gasteiger partial charge in [-0.2, -0.15) is 4.98 Å². The van der Waals surface area contributed by atoms with Gasteiger partial charge in [0.05, 0.1) is 19.3 Å². The number of nitrogens with two attached hydrogens (primary N) is 1. The van der Waals surface area contributed by atoms with E-state index in [9.17, 15) is 14.7 Å². The number of benzene rings is 1. The number of rotatable bonds is 6. The normalized spacial score (nSPS) is 10.7. The van der Waals surface area contributed by atoms with E-state index in [1.165, 1.54) is 7.11 Å². The van der Waals surface area contributed by atoms with Gasteiger partial charge >= 0.3 is 5.97 Å². The SMILES string of the molecule is COC(=O)c1cc(Cc2c(O)nc(N)[nH]c2=O)ccc1OCC(C)C. The summed E-state index contributed by atoms with van der Waals surface area (Å²) in [4.78, 5) is 29.9. The number of aromatic amines is 1. The highest BCUT2D eigenvalue weighted by Crippen LogP contribution is 2.24. The number of aromatic nitrogens is 2. The zero-order chi connectivity index (χ0) is 18.6. The summed E-state index contributed by atoms with van der Waals surface area (Å²) in [6.07, 6.45) is 0.0723. The minimum Gasteiger partial charge on any atom is -0.493 e. The van der Waals surface area contributed by atoms with Crippen molar-refractivity contribution in [3.63, 3.8) is 0 Å². The molecule has 1 aromatic heterocycles. The number of nitrogens with one attached hydrogen (secondary N) is 1. The molecular formula is C17H21N3O5. The highest BCUT2D eigenvalue weighted by atomic mass is 16.5. The Balaban J connectivity index is 2.37. The van der Waals surface area contributed by atoms with Crippen LogP contribution >= 0.6 is 0 Å². The van der Waals surface area contributed by atoms with E-state index < -0.39 is 17.4 Å². The van der Waals surface area contributed by atoms with Crippen LogP contribution in [0.2, 0.25) is 0 Å². The van der Waals surface area contributed by atoms with Crippen molar-refractivity contribution in [1.29, 1.82) is 0 Å².